The fourth-order valence-corrected chi connectivity index (χ4v) is 1.90. The molecular weight excluding hydrogens is 238 g/mol. The zero-order valence-corrected chi connectivity index (χ0v) is 10.1. The largest absolute Gasteiger partial charge is 0.289 e. The Morgan fingerprint density at radius 3 is 2.74 bits per heavy atom. The van der Waals surface area contributed by atoms with E-state index in [1.54, 1.807) is 18.2 Å². The fourth-order valence-electron chi connectivity index (χ4n) is 1.90. The minimum atomic E-state index is -0.0802. The molecule has 0 bridgehead atoms. The molecule has 0 amide bonds. The van der Waals surface area contributed by atoms with E-state index in [4.69, 9.17) is 0 Å². The highest BCUT2D eigenvalue weighted by atomic mass is 16.1. The van der Waals surface area contributed by atoms with Crippen molar-refractivity contribution in [2.45, 2.75) is 0 Å². The monoisotopic (exact) mass is 249 g/mol. The van der Waals surface area contributed by atoms with Crippen LogP contribution in [0, 0.1) is 0 Å². The highest BCUT2D eigenvalue weighted by molar-refractivity contribution is 6.13. The van der Waals surface area contributed by atoms with E-state index in [1.165, 1.54) is 0 Å². The molecule has 0 aliphatic carbocycles. The summed E-state index contributed by atoms with van der Waals surface area (Å²) in [5, 5.41) is 10.4. The summed E-state index contributed by atoms with van der Waals surface area (Å²) < 4.78 is 0. The van der Waals surface area contributed by atoms with Crippen LogP contribution in [0.1, 0.15) is 15.9 Å². The first-order chi connectivity index (χ1) is 9.34. The van der Waals surface area contributed by atoms with Gasteiger partial charge in [-0.3, -0.25) is 9.89 Å². The number of ketones is 1. The van der Waals surface area contributed by atoms with Crippen molar-refractivity contribution in [3.05, 3.63) is 65.7 Å². The van der Waals surface area contributed by atoms with E-state index in [0.29, 0.717) is 11.1 Å². The molecule has 4 heteroatoms. The average molecular weight is 249 g/mol. The highest BCUT2D eigenvalue weighted by Crippen LogP contribution is 2.15. The van der Waals surface area contributed by atoms with E-state index in [0.717, 1.165) is 11.1 Å². The van der Waals surface area contributed by atoms with Crippen molar-refractivity contribution in [3.63, 3.8) is 0 Å². The van der Waals surface area contributed by atoms with E-state index in [2.05, 4.69) is 15.4 Å². The van der Waals surface area contributed by atoms with Crippen LogP contribution in [-0.4, -0.2) is 21.2 Å². The number of hydrogen-bond acceptors (Lipinski definition) is 3. The molecule has 1 N–H and O–H groups in total. The molecular formula is C15H11N3O. The van der Waals surface area contributed by atoms with Crippen LogP contribution in [-0.2, 0) is 0 Å². The second kappa shape index (κ2) is 4.86. The number of nitrogens with zero attached hydrogens (tertiary/aromatic N) is 2. The number of fused-ring (bicyclic) bond motifs is 1. The molecule has 1 aromatic heterocycles. The van der Waals surface area contributed by atoms with Gasteiger partial charge >= 0.3 is 0 Å². The third-order valence-corrected chi connectivity index (χ3v) is 2.85. The van der Waals surface area contributed by atoms with Gasteiger partial charge in [0.2, 0.25) is 0 Å². The second-order valence-corrected chi connectivity index (χ2v) is 4.12. The Morgan fingerprint density at radius 2 is 1.89 bits per heavy atom. The van der Waals surface area contributed by atoms with Gasteiger partial charge in [0, 0.05) is 0 Å². The normalized spacial score (nSPS) is 11.2. The molecule has 0 aliphatic rings. The molecule has 0 unspecified atom stereocenters. The lowest BCUT2D eigenvalue weighted by Crippen LogP contribution is -1.95. The van der Waals surface area contributed by atoms with E-state index in [9.17, 15) is 4.79 Å². The molecule has 0 saturated heterocycles. The Labute approximate surface area is 109 Å². The second-order valence-electron chi connectivity index (χ2n) is 4.12. The first-order valence-corrected chi connectivity index (χ1v) is 5.92. The van der Waals surface area contributed by atoms with E-state index >= 15 is 0 Å². The molecule has 1 heterocycles. The third-order valence-electron chi connectivity index (χ3n) is 2.85. The third kappa shape index (κ3) is 2.28. The van der Waals surface area contributed by atoms with Gasteiger partial charge in [0.1, 0.15) is 5.52 Å². The Morgan fingerprint density at radius 1 is 1.05 bits per heavy atom. The predicted octanol–water partition coefficient (Wildman–Crippen LogP) is 2.85. The molecule has 0 saturated carbocycles. The number of allylic oxidation sites excluding steroid dienone is 1. The van der Waals surface area contributed by atoms with Gasteiger partial charge < -0.3 is 0 Å². The maximum Gasteiger partial charge on any atom is 0.188 e. The van der Waals surface area contributed by atoms with Gasteiger partial charge in [-0.25, -0.2) is 0 Å². The van der Waals surface area contributed by atoms with Gasteiger partial charge in [-0.15, -0.1) is 5.10 Å². The summed E-state index contributed by atoms with van der Waals surface area (Å²) in [4.78, 5) is 12.2. The summed E-state index contributed by atoms with van der Waals surface area (Å²) in [7, 11) is 0. The highest BCUT2D eigenvalue weighted by Gasteiger charge is 2.09. The van der Waals surface area contributed by atoms with Crippen molar-refractivity contribution in [3.8, 4) is 0 Å². The molecule has 0 radical (unpaired) electrons. The first kappa shape index (κ1) is 11.3. The molecule has 92 valence electrons. The van der Waals surface area contributed by atoms with Gasteiger partial charge in [0.25, 0.3) is 0 Å². The minimum absolute atomic E-state index is 0.0802. The van der Waals surface area contributed by atoms with E-state index in [1.807, 2.05) is 42.5 Å². The summed E-state index contributed by atoms with van der Waals surface area (Å²) in [5.41, 5.74) is 2.91. The Kier molecular flexibility index (Phi) is 2.90. The van der Waals surface area contributed by atoms with Crippen LogP contribution in [0.25, 0.3) is 17.1 Å². The number of aromatic amines is 1. The number of hydrogen-bond donors (Lipinski definition) is 1. The van der Waals surface area contributed by atoms with Gasteiger partial charge in [-0.1, -0.05) is 47.7 Å². The number of benzene rings is 2. The van der Waals surface area contributed by atoms with Crippen molar-refractivity contribution in [2.75, 3.05) is 0 Å². The first-order valence-electron chi connectivity index (χ1n) is 5.92. The summed E-state index contributed by atoms with van der Waals surface area (Å²) in [6.45, 7) is 0. The quantitative estimate of drug-likeness (QED) is 0.573. The number of H-pyrrole nitrogens is 1. The van der Waals surface area contributed by atoms with E-state index < -0.39 is 0 Å². The van der Waals surface area contributed by atoms with Crippen LogP contribution in [0.4, 0.5) is 0 Å². The lowest BCUT2D eigenvalue weighted by atomic mass is 10.1. The zero-order valence-electron chi connectivity index (χ0n) is 10.1. The lowest BCUT2D eigenvalue weighted by molar-refractivity contribution is 0.104. The summed E-state index contributed by atoms with van der Waals surface area (Å²) in [5.74, 6) is -0.0802. The number of nitrogens with one attached hydrogen (secondary N) is 1. The minimum Gasteiger partial charge on any atom is -0.289 e. The maximum absolute atomic E-state index is 12.2. The van der Waals surface area contributed by atoms with Crippen LogP contribution in [0.2, 0.25) is 0 Å². The zero-order chi connectivity index (χ0) is 13.1. The SMILES string of the molecule is O=C(C=Cc1ccccc1)c1cccc2[nH]nnc12. The maximum atomic E-state index is 12.2. The summed E-state index contributed by atoms with van der Waals surface area (Å²) in [6.07, 6.45) is 3.35. The number of aromatic nitrogens is 3. The molecule has 0 fully saturated rings. The van der Waals surface area contributed by atoms with Crippen molar-refractivity contribution in [1.82, 2.24) is 15.4 Å². The van der Waals surface area contributed by atoms with Gasteiger partial charge in [-0.2, -0.15) is 0 Å². The van der Waals surface area contributed by atoms with Gasteiger partial charge in [-0.05, 0) is 23.8 Å². The summed E-state index contributed by atoms with van der Waals surface area (Å²) in [6, 6.07) is 15.1. The van der Waals surface area contributed by atoms with Crippen LogP contribution in [0.15, 0.2) is 54.6 Å². The Balaban J connectivity index is 1.92. The van der Waals surface area contributed by atoms with Crippen LogP contribution in [0.5, 0.6) is 0 Å². The van der Waals surface area contributed by atoms with E-state index in [-0.39, 0.29) is 5.78 Å². The van der Waals surface area contributed by atoms with Gasteiger partial charge in [0.05, 0.1) is 11.1 Å². The smallest absolute Gasteiger partial charge is 0.188 e. The molecule has 3 rings (SSSR count). The average Bonchev–Trinajstić information content (AvgIpc) is 2.94. The number of carbonyl (C=O) groups excluding carboxylic acids is 1. The number of carbonyl (C=O) groups is 1. The van der Waals surface area contributed by atoms with Gasteiger partial charge in [0.15, 0.2) is 5.78 Å². The molecule has 19 heavy (non-hydrogen) atoms. The molecule has 0 atom stereocenters. The van der Waals surface area contributed by atoms with Crippen LogP contribution in [0.3, 0.4) is 0 Å². The number of rotatable bonds is 3. The Bertz CT molecular complexity index is 744. The molecule has 4 nitrogen and oxygen atoms in total. The van der Waals surface area contributed by atoms with Crippen LogP contribution >= 0.6 is 0 Å². The van der Waals surface area contributed by atoms with Crippen molar-refractivity contribution >= 4 is 22.9 Å². The summed E-state index contributed by atoms with van der Waals surface area (Å²) >= 11 is 0. The standard InChI is InChI=1S/C15H11N3O/c19-14(10-9-11-5-2-1-3-6-11)12-7-4-8-13-15(12)17-18-16-13/h1-10H,(H,16,17,18). The lowest BCUT2D eigenvalue weighted by Gasteiger charge is -1.96. The van der Waals surface area contributed by atoms with Crippen LogP contribution < -0.4 is 0 Å². The van der Waals surface area contributed by atoms with Crippen molar-refractivity contribution < 1.29 is 4.79 Å². The predicted molar refractivity (Wildman–Crippen MR) is 73.7 cm³/mol. The Hall–Kier alpha value is -2.75. The molecule has 0 spiro atoms. The molecule has 0 aliphatic heterocycles. The topological polar surface area (TPSA) is 58.6 Å². The molecule has 3 aromatic rings. The fraction of sp³-hybridized carbons (Fsp3) is 0. The van der Waals surface area contributed by atoms with Crippen molar-refractivity contribution in [2.24, 2.45) is 0 Å². The van der Waals surface area contributed by atoms with Crippen molar-refractivity contribution in [1.29, 1.82) is 0 Å². The molecule has 2 aromatic carbocycles.